The number of halogens is 1. The van der Waals surface area contributed by atoms with Crippen molar-refractivity contribution in [3.63, 3.8) is 0 Å². The average molecular weight is 387 g/mol. The number of carbonyl (C=O) groups is 2. The molecule has 2 heterocycles. The minimum atomic E-state index is -0.0832. The zero-order chi connectivity index (χ0) is 15.1. The first-order valence-corrected chi connectivity index (χ1v) is 9.06. The van der Waals surface area contributed by atoms with E-state index in [1.807, 2.05) is 16.8 Å². The molecular formula is C14H15BrN2O2S2. The summed E-state index contributed by atoms with van der Waals surface area (Å²) in [6.07, 6.45) is 1.05. The molecule has 0 aliphatic carbocycles. The van der Waals surface area contributed by atoms with Gasteiger partial charge in [-0.25, -0.2) is 0 Å². The Morgan fingerprint density at radius 2 is 2.10 bits per heavy atom. The zero-order valence-corrected chi connectivity index (χ0v) is 14.4. The molecule has 2 N–H and O–H groups in total. The van der Waals surface area contributed by atoms with Crippen LogP contribution in [-0.2, 0) is 11.3 Å². The average Bonchev–Trinajstić information content (AvgIpc) is 3.12. The van der Waals surface area contributed by atoms with E-state index < -0.39 is 0 Å². The third-order valence-corrected chi connectivity index (χ3v) is 5.11. The largest absolute Gasteiger partial charge is 0.352 e. The van der Waals surface area contributed by atoms with Gasteiger partial charge in [0.2, 0.25) is 5.91 Å². The van der Waals surface area contributed by atoms with E-state index >= 15 is 0 Å². The Hall–Kier alpha value is -1.18. The molecule has 0 bridgehead atoms. The van der Waals surface area contributed by atoms with Gasteiger partial charge in [0.25, 0.3) is 5.91 Å². The molecule has 0 aromatic carbocycles. The lowest BCUT2D eigenvalue weighted by Crippen LogP contribution is -2.27. The molecule has 2 aromatic heterocycles. The van der Waals surface area contributed by atoms with Crippen LogP contribution in [0.15, 0.2) is 32.7 Å². The number of carbonyl (C=O) groups excluding carboxylic acids is 2. The van der Waals surface area contributed by atoms with Crippen LogP contribution >= 0.6 is 38.6 Å². The molecule has 21 heavy (non-hydrogen) atoms. The Morgan fingerprint density at radius 1 is 1.24 bits per heavy atom. The third kappa shape index (κ3) is 5.61. The van der Waals surface area contributed by atoms with Crippen molar-refractivity contribution in [2.24, 2.45) is 0 Å². The Balaban J connectivity index is 1.58. The van der Waals surface area contributed by atoms with Gasteiger partial charge in [-0.05, 0) is 39.9 Å². The first kappa shape index (κ1) is 16.2. The van der Waals surface area contributed by atoms with E-state index in [2.05, 4.69) is 26.6 Å². The van der Waals surface area contributed by atoms with Crippen molar-refractivity contribution in [2.75, 3.05) is 6.54 Å². The Labute approximate surface area is 139 Å². The molecule has 2 rings (SSSR count). The predicted molar refractivity (Wildman–Crippen MR) is 89.8 cm³/mol. The van der Waals surface area contributed by atoms with Crippen molar-refractivity contribution in [1.29, 1.82) is 0 Å². The molecule has 0 aliphatic heterocycles. The van der Waals surface area contributed by atoms with Crippen LogP contribution in [0.2, 0.25) is 0 Å². The van der Waals surface area contributed by atoms with Gasteiger partial charge in [-0.2, -0.15) is 11.3 Å². The van der Waals surface area contributed by atoms with Gasteiger partial charge in [-0.1, -0.05) is 0 Å². The van der Waals surface area contributed by atoms with E-state index in [-0.39, 0.29) is 11.8 Å². The van der Waals surface area contributed by atoms with Gasteiger partial charge < -0.3 is 10.6 Å². The summed E-state index contributed by atoms with van der Waals surface area (Å²) in [7, 11) is 0. The van der Waals surface area contributed by atoms with Gasteiger partial charge in [-0.3, -0.25) is 9.59 Å². The summed E-state index contributed by atoms with van der Waals surface area (Å²) in [6.45, 7) is 1.06. The van der Waals surface area contributed by atoms with Crippen LogP contribution in [0.1, 0.15) is 28.1 Å². The topological polar surface area (TPSA) is 58.2 Å². The van der Waals surface area contributed by atoms with E-state index in [0.29, 0.717) is 31.5 Å². The molecule has 0 spiro atoms. The van der Waals surface area contributed by atoms with E-state index in [9.17, 15) is 9.59 Å². The van der Waals surface area contributed by atoms with E-state index in [4.69, 9.17) is 0 Å². The molecule has 4 nitrogen and oxygen atoms in total. The van der Waals surface area contributed by atoms with Crippen LogP contribution in [0.5, 0.6) is 0 Å². The van der Waals surface area contributed by atoms with Gasteiger partial charge >= 0.3 is 0 Å². The van der Waals surface area contributed by atoms with Gasteiger partial charge in [0.1, 0.15) is 0 Å². The maximum absolute atomic E-state index is 11.7. The van der Waals surface area contributed by atoms with Gasteiger partial charge in [-0.15, -0.1) is 11.3 Å². The molecular weight excluding hydrogens is 372 g/mol. The Kier molecular flexibility index (Phi) is 6.41. The van der Waals surface area contributed by atoms with Crippen molar-refractivity contribution < 1.29 is 9.59 Å². The second-order valence-electron chi connectivity index (χ2n) is 4.38. The van der Waals surface area contributed by atoms with Crippen molar-refractivity contribution in [3.05, 3.63) is 43.2 Å². The Bertz CT molecular complexity index is 596. The standard InChI is InChI=1S/C14H15BrN2O2S2/c15-11-6-12(21-9-11)7-17-13(18)2-1-4-16-14(19)10-3-5-20-8-10/h3,5-6,8-9H,1-2,4,7H2,(H,16,19)(H,17,18). The Morgan fingerprint density at radius 3 is 2.76 bits per heavy atom. The van der Waals surface area contributed by atoms with Crippen LogP contribution in [-0.4, -0.2) is 18.4 Å². The molecule has 0 saturated heterocycles. The van der Waals surface area contributed by atoms with Gasteiger partial charge in [0.15, 0.2) is 0 Å². The molecule has 0 atom stereocenters. The first-order chi connectivity index (χ1) is 10.1. The summed E-state index contributed by atoms with van der Waals surface area (Å²) < 4.78 is 1.04. The lowest BCUT2D eigenvalue weighted by Gasteiger charge is -2.05. The number of hydrogen-bond donors (Lipinski definition) is 2. The quantitative estimate of drug-likeness (QED) is 0.716. The molecule has 0 fully saturated rings. The van der Waals surface area contributed by atoms with Gasteiger partial charge in [0, 0.05) is 38.6 Å². The van der Waals surface area contributed by atoms with Crippen LogP contribution in [0.3, 0.4) is 0 Å². The summed E-state index contributed by atoms with van der Waals surface area (Å²) in [5, 5.41) is 11.3. The van der Waals surface area contributed by atoms with E-state index in [1.165, 1.54) is 11.3 Å². The van der Waals surface area contributed by atoms with Gasteiger partial charge in [0.05, 0.1) is 6.54 Å². The minimum Gasteiger partial charge on any atom is -0.352 e. The smallest absolute Gasteiger partial charge is 0.252 e. The molecule has 112 valence electrons. The monoisotopic (exact) mass is 386 g/mol. The van der Waals surface area contributed by atoms with Crippen LogP contribution < -0.4 is 10.6 Å². The normalized spacial score (nSPS) is 10.3. The van der Waals surface area contributed by atoms with Crippen molar-refractivity contribution in [2.45, 2.75) is 19.4 Å². The number of hydrogen-bond acceptors (Lipinski definition) is 4. The maximum atomic E-state index is 11.7. The summed E-state index contributed by atoms with van der Waals surface area (Å²) in [6, 6.07) is 3.78. The third-order valence-electron chi connectivity index (χ3n) is 2.73. The number of amides is 2. The highest BCUT2D eigenvalue weighted by atomic mass is 79.9. The number of nitrogens with one attached hydrogen (secondary N) is 2. The lowest BCUT2D eigenvalue weighted by atomic mass is 10.2. The molecule has 0 saturated carbocycles. The molecule has 0 unspecified atom stereocenters. The molecule has 0 aliphatic rings. The van der Waals surface area contributed by atoms with E-state index in [0.717, 1.165) is 9.35 Å². The van der Waals surface area contributed by atoms with Crippen LogP contribution in [0.25, 0.3) is 0 Å². The predicted octanol–water partition coefficient (Wildman–Crippen LogP) is 3.40. The number of rotatable bonds is 7. The van der Waals surface area contributed by atoms with Crippen molar-refractivity contribution >= 4 is 50.4 Å². The van der Waals surface area contributed by atoms with Crippen LogP contribution in [0, 0.1) is 0 Å². The second kappa shape index (κ2) is 8.31. The minimum absolute atomic E-state index is 0.00399. The second-order valence-corrected chi connectivity index (χ2v) is 7.07. The highest BCUT2D eigenvalue weighted by Crippen LogP contribution is 2.19. The summed E-state index contributed by atoms with van der Waals surface area (Å²) in [5.74, 6) is -0.0793. The number of thiophene rings is 2. The molecule has 2 amide bonds. The fourth-order valence-electron chi connectivity index (χ4n) is 1.67. The van der Waals surface area contributed by atoms with Crippen molar-refractivity contribution in [3.8, 4) is 0 Å². The summed E-state index contributed by atoms with van der Waals surface area (Å²) >= 11 is 6.47. The highest BCUT2D eigenvalue weighted by molar-refractivity contribution is 9.10. The summed E-state index contributed by atoms with van der Waals surface area (Å²) in [4.78, 5) is 24.4. The highest BCUT2D eigenvalue weighted by Gasteiger charge is 2.06. The van der Waals surface area contributed by atoms with Crippen LogP contribution in [0.4, 0.5) is 0 Å². The van der Waals surface area contributed by atoms with Crippen molar-refractivity contribution in [1.82, 2.24) is 10.6 Å². The molecule has 7 heteroatoms. The fourth-order valence-corrected chi connectivity index (χ4v) is 3.69. The first-order valence-electron chi connectivity index (χ1n) is 6.45. The maximum Gasteiger partial charge on any atom is 0.252 e. The summed E-state index contributed by atoms with van der Waals surface area (Å²) in [5.41, 5.74) is 0.674. The fraction of sp³-hybridized carbons (Fsp3) is 0.286. The molecule has 0 radical (unpaired) electrons. The SMILES string of the molecule is O=C(CCCNC(=O)c1ccsc1)NCc1cc(Br)cs1. The lowest BCUT2D eigenvalue weighted by molar-refractivity contribution is -0.121. The molecule has 2 aromatic rings. The van der Waals surface area contributed by atoms with E-state index in [1.54, 1.807) is 22.8 Å². The zero-order valence-electron chi connectivity index (χ0n) is 11.2.